The Morgan fingerprint density at radius 3 is 2.83 bits per heavy atom. The van der Waals surface area contributed by atoms with E-state index in [1.54, 1.807) is 6.07 Å². The van der Waals surface area contributed by atoms with Crippen LogP contribution in [-0.4, -0.2) is 30.2 Å². The number of anilines is 1. The minimum atomic E-state index is -0.881. The van der Waals surface area contributed by atoms with Gasteiger partial charge in [-0.2, -0.15) is 0 Å². The van der Waals surface area contributed by atoms with Gasteiger partial charge in [-0.15, -0.1) is 0 Å². The van der Waals surface area contributed by atoms with Crippen LogP contribution < -0.4 is 10.6 Å². The lowest BCUT2D eigenvalue weighted by Crippen LogP contribution is -2.20. The summed E-state index contributed by atoms with van der Waals surface area (Å²) in [4.78, 5) is 11.1. The number of rotatable bonds is 7. The van der Waals surface area contributed by atoms with Crippen LogP contribution in [-0.2, 0) is 0 Å². The van der Waals surface area contributed by atoms with Crippen molar-refractivity contribution in [3.8, 4) is 0 Å². The fourth-order valence-corrected chi connectivity index (χ4v) is 1.90. The third-order valence-corrected chi connectivity index (χ3v) is 3.08. The van der Waals surface area contributed by atoms with E-state index in [9.17, 15) is 4.79 Å². The van der Waals surface area contributed by atoms with E-state index in [4.69, 9.17) is 5.11 Å². The summed E-state index contributed by atoms with van der Waals surface area (Å²) in [5.41, 5.74) is 2.13. The standard InChI is InChI=1S/C14H20N2O2/c1-10-3-6-12(14(17)18)13(9-10)16-8-2-7-15-11-4-5-11/h3,6,9,11,15-16H,2,4-5,7-8H2,1H3,(H,17,18). The third kappa shape index (κ3) is 3.74. The third-order valence-electron chi connectivity index (χ3n) is 3.08. The van der Waals surface area contributed by atoms with Gasteiger partial charge >= 0.3 is 5.97 Å². The molecular formula is C14H20N2O2. The minimum absolute atomic E-state index is 0.343. The van der Waals surface area contributed by atoms with Crippen molar-refractivity contribution >= 4 is 11.7 Å². The maximum absolute atomic E-state index is 11.1. The van der Waals surface area contributed by atoms with Gasteiger partial charge in [0.25, 0.3) is 0 Å². The Labute approximate surface area is 107 Å². The molecule has 0 aromatic heterocycles. The molecule has 0 amide bonds. The van der Waals surface area contributed by atoms with Crippen LogP contribution in [0.1, 0.15) is 35.2 Å². The summed E-state index contributed by atoms with van der Waals surface area (Å²) >= 11 is 0. The molecule has 1 aromatic carbocycles. The molecule has 1 aliphatic rings. The van der Waals surface area contributed by atoms with Crippen LogP contribution in [0.25, 0.3) is 0 Å². The molecule has 0 spiro atoms. The SMILES string of the molecule is Cc1ccc(C(=O)O)c(NCCCNC2CC2)c1. The summed E-state index contributed by atoms with van der Waals surface area (Å²) in [5, 5.41) is 15.7. The van der Waals surface area contributed by atoms with Gasteiger partial charge in [0.1, 0.15) is 0 Å². The van der Waals surface area contributed by atoms with Gasteiger partial charge in [0.05, 0.1) is 5.56 Å². The zero-order valence-corrected chi connectivity index (χ0v) is 10.7. The van der Waals surface area contributed by atoms with Gasteiger partial charge in [0.2, 0.25) is 0 Å². The molecule has 1 fully saturated rings. The monoisotopic (exact) mass is 248 g/mol. The summed E-state index contributed by atoms with van der Waals surface area (Å²) in [6.07, 6.45) is 3.60. The summed E-state index contributed by atoms with van der Waals surface area (Å²) in [6.45, 7) is 3.75. The van der Waals surface area contributed by atoms with Gasteiger partial charge in [-0.05, 0) is 50.4 Å². The molecule has 0 bridgehead atoms. The number of hydrogen-bond acceptors (Lipinski definition) is 3. The largest absolute Gasteiger partial charge is 0.478 e. The normalized spacial score (nSPS) is 14.5. The summed E-state index contributed by atoms with van der Waals surface area (Å²) < 4.78 is 0. The molecule has 4 heteroatoms. The zero-order valence-electron chi connectivity index (χ0n) is 10.7. The first-order valence-electron chi connectivity index (χ1n) is 6.48. The fourth-order valence-electron chi connectivity index (χ4n) is 1.90. The van der Waals surface area contributed by atoms with Crippen LogP contribution in [0.5, 0.6) is 0 Å². The molecule has 1 aromatic rings. The van der Waals surface area contributed by atoms with E-state index in [-0.39, 0.29) is 0 Å². The van der Waals surface area contributed by atoms with E-state index in [2.05, 4.69) is 10.6 Å². The average Bonchev–Trinajstić information content (AvgIpc) is 3.12. The predicted octanol–water partition coefficient (Wildman–Crippen LogP) is 2.25. The van der Waals surface area contributed by atoms with Gasteiger partial charge in [0, 0.05) is 18.3 Å². The van der Waals surface area contributed by atoms with Crippen molar-refractivity contribution in [2.75, 3.05) is 18.4 Å². The van der Waals surface area contributed by atoms with Crippen LogP contribution in [0.15, 0.2) is 18.2 Å². The van der Waals surface area contributed by atoms with E-state index in [0.717, 1.165) is 31.1 Å². The Morgan fingerprint density at radius 2 is 2.17 bits per heavy atom. The van der Waals surface area contributed by atoms with Gasteiger partial charge < -0.3 is 15.7 Å². The molecular weight excluding hydrogens is 228 g/mol. The summed E-state index contributed by atoms with van der Waals surface area (Å²) in [7, 11) is 0. The van der Waals surface area contributed by atoms with Crippen molar-refractivity contribution in [2.45, 2.75) is 32.2 Å². The molecule has 0 aliphatic heterocycles. The highest BCUT2D eigenvalue weighted by molar-refractivity contribution is 5.94. The zero-order chi connectivity index (χ0) is 13.0. The van der Waals surface area contributed by atoms with Crippen LogP contribution in [0, 0.1) is 6.92 Å². The quantitative estimate of drug-likeness (QED) is 0.648. The molecule has 18 heavy (non-hydrogen) atoms. The highest BCUT2D eigenvalue weighted by Gasteiger charge is 2.19. The summed E-state index contributed by atoms with van der Waals surface area (Å²) in [6, 6.07) is 6.10. The minimum Gasteiger partial charge on any atom is -0.478 e. The number of carboxylic acid groups (broad SMARTS) is 1. The Morgan fingerprint density at radius 1 is 1.39 bits per heavy atom. The Bertz CT molecular complexity index is 428. The molecule has 0 radical (unpaired) electrons. The first kappa shape index (κ1) is 12.9. The first-order valence-corrected chi connectivity index (χ1v) is 6.48. The smallest absolute Gasteiger partial charge is 0.337 e. The fraction of sp³-hybridized carbons (Fsp3) is 0.500. The Hall–Kier alpha value is -1.55. The molecule has 0 unspecified atom stereocenters. The maximum Gasteiger partial charge on any atom is 0.337 e. The van der Waals surface area contributed by atoms with Crippen LogP contribution >= 0.6 is 0 Å². The lowest BCUT2D eigenvalue weighted by molar-refractivity contribution is 0.0698. The summed E-state index contributed by atoms with van der Waals surface area (Å²) in [5.74, 6) is -0.881. The molecule has 4 nitrogen and oxygen atoms in total. The second-order valence-corrected chi connectivity index (χ2v) is 4.86. The van der Waals surface area contributed by atoms with E-state index in [1.165, 1.54) is 12.8 Å². The van der Waals surface area contributed by atoms with Crippen molar-refractivity contribution in [1.29, 1.82) is 0 Å². The van der Waals surface area contributed by atoms with E-state index >= 15 is 0 Å². The molecule has 1 aliphatic carbocycles. The van der Waals surface area contributed by atoms with Crippen molar-refractivity contribution in [1.82, 2.24) is 5.32 Å². The van der Waals surface area contributed by atoms with Crippen LogP contribution in [0.2, 0.25) is 0 Å². The first-order chi connectivity index (χ1) is 8.66. The lowest BCUT2D eigenvalue weighted by Gasteiger charge is -2.10. The molecule has 98 valence electrons. The van der Waals surface area contributed by atoms with E-state index in [1.807, 2.05) is 19.1 Å². The van der Waals surface area contributed by atoms with Crippen LogP contribution in [0.4, 0.5) is 5.69 Å². The van der Waals surface area contributed by atoms with Gasteiger partial charge in [0.15, 0.2) is 0 Å². The molecule has 0 saturated heterocycles. The molecule has 1 saturated carbocycles. The van der Waals surface area contributed by atoms with Crippen molar-refractivity contribution in [3.05, 3.63) is 29.3 Å². The van der Waals surface area contributed by atoms with Gasteiger partial charge in [-0.25, -0.2) is 4.79 Å². The number of hydrogen-bond donors (Lipinski definition) is 3. The lowest BCUT2D eigenvalue weighted by atomic mass is 10.1. The highest BCUT2D eigenvalue weighted by atomic mass is 16.4. The number of carboxylic acids is 1. The van der Waals surface area contributed by atoms with Gasteiger partial charge in [-0.3, -0.25) is 0 Å². The van der Waals surface area contributed by atoms with E-state index in [0.29, 0.717) is 11.3 Å². The maximum atomic E-state index is 11.1. The Kier molecular flexibility index (Phi) is 4.20. The van der Waals surface area contributed by atoms with Crippen molar-refractivity contribution in [3.63, 3.8) is 0 Å². The van der Waals surface area contributed by atoms with E-state index < -0.39 is 5.97 Å². The van der Waals surface area contributed by atoms with Crippen molar-refractivity contribution in [2.24, 2.45) is 0 Å². The second-order valence-electron chi connectivity index (χ2n) is 4.86. The molecule has 3 N–H and O–H groups in total. The molecule has 0 atom stereocenters. The number of aryl methyl sites for hydroxylation is 1. The topological polar surface area (TPSA) is 61.4 Å². The number of carbonyl (C=O) groups is 1. The Balaban J connectivity index is 1.82. The molecule has 2 rings (SSSR count). The van der Waals surface area contributed by atoms with Crippen LogP contribution in [0.3, 0.4) is 0 Å². The number of aromatic carboxylic acids is 1. The molecule has 0 heterocycles. The van der Waals surface area contributed by atoms with Crippen molar-refractivity contribution < 1.29 is 9.90 Å². The highest BCUT2D eigenvalue weighted by Crippen LogP contribution is 2.19. The predicted molar refractivity (Wildman–Crippen MR) is 72.3 cm³/mol. The second kappa shape index (κ2) is 5.87. The van der Waals surface area contributed by atoms with Gasteiger partial charge in [-0.1, -0.05) is 6.07 Å². The average molecular weight is 248 g/mol. The number of benzene rings is 1. The number of nitrogens with one attached hydrogen (secondary N) is 2.